The van der Waals surface area contributed by atoms with E-state index in [4.69, 9.17) is 16.3 Å². The summed E-state index contributed by atoms with van der Waals surface area (Å²) in [6.45, 7) is 5.96. The van der Waals surface area contributed by atoms with Crippen LogP contribution in [0.5, 0.6) is 5.75 Å². The Bertz CT molecular complexity index is 1230. The summed E-state index contributed by atoms with van der Waals surface area (Å²) in [7, 11) is -4.02. The first kappa shape index (κ1) is 22.7. The fourth-order valence-corrected chi connectivity index (χ4v) is 4.59. The third-order valence-electron chi connectivity index (χ3n) is 4.56. The number of ether oxygens (including phenoxy) is 1. The molecule has 0 aliphatic carbocycles. The summed E-state index contributed by atoms with van der Waals surface area (Å²) in [5.74, 6) is 0.0451. The van der Waals surface area contributed by atoms with E-state index in [1.165, 1.54) is 18.2 Å². The first-order valence-corrected chi connectivity index (χ1v) is 11.5. The van der Waals surface area contributed by atoms with Crippen molar-refractivity contribution in [3.05, 3.63) is 82.4 Å². The lowest BCUT2D eigenvalue weighted by molar-refractivity contribution is 0.102. The van der Waals surface area contributed by atoms with Crippen LogP contribution in [0.2, 0.25) is 5.02 Å². The van der Waals surface area contributed by atoms with E-state index < -0.39 is 15.9 Å². The molecule has 0 radical (unpaired) electrons. The zero-order valence-corrected chi connectivity index (χ0v) is 19.0. The molecule has 8 heteroatoms. The van der Waals surface area contributed by atoms with E-state index in [1.807, 2.05) is 26.0 Å². The Morgan fingerprint density at radius 1 is 1.00 bits per heavy atom. The number of carbonyl (C=O) groups is 1. The molecule has 162 valence electrons. The van der Waals surface area contributed by atoms with Crippen LogP contribution < -0.4 is 14.8 Å². The van der Waals surface area contributed by atoms with Crippen molar-refractivity contribution in [1.82, 2.24) is 0 Å². The van der Waals surface area contributed by atoms with E-state index in [0.29, 0.717) is 23.7 Å². The van der Waals surface area contributed by atoms with Crippen LogP contribution in [0.15, 0.2) is 65.6 Å². The maximum Gasteiger partial charge on any atom is 0.263 e. The van der Waals surface area contributed by atoms with Crippen LogP contribution >= 0.6 is 11.6 Å². The van der Waals surface area contributed by atoms with Gasteiger partial charge in [0, 0.05) is 5.56 Å². The van der Waals surface area contributed by atoms with Crippen LogP contribution in [0.25, 0.3) is 0 Å². The lowest BCUT2D eigenvalue weighted by Gasteiger charge is -2.14. The summed E-state index contributed by atoms with van der Waals surface area (Å²) in [4.78, 5) is 12.6. The van der Waals surface area contributed by atoms with E-state index in [1.54, 1.807) is 37.3 Å². The molecule has 0 heterocycles. The first-order valence-electron chi connectivity index (χ1n) is 9.64. The van der Waals surface area contributed by atoms with E-state index >= 15 is 0 Å². The molecule has 0 aliphatic rings. The van der Waals surface area contributed by atoms with Crippen LogP contribution in [-0.4, -0.2) is 20.9 Å². The number of sulfonamides is 1. The zero-order chi connectivity index (χ0) is 22.6. The Hall–Kier alpha value is -3.03. The van der Waals surface area contributed by atoms with Gasteiger partial charge >= 0.3 is 0 Å². The van der Waals surface area contributed by atoms with Gasteiger partial charge in [0.15, 0.2) is 0 Å². The summed E-state index contributed by atoms with van der Waals surface area (Å²) < 4.78 is 34.1. The molecule has 0 bridgehead atoms. The minimum absolute atomic E-state index is 0.0177. The zero-order valence-electron chi connectivity index (χ0n) is 17.4. The average molecular weight is 459 g/mol. The standard InChI is InChI=1S/C23H23ClN2O4S/c1-4-30-21-8-6-5-7-19(21)25-23(27)17-11-12-18(24)22(14-17)31(28,29)26-20-13-15(2)9-10-16(20)3/h5-14,26H,4H2,1-3H3,(H,25,27). The SMILES string of the molecule is CCOc1ccccc1NC(=O)c1ccc(Cl)c(S(=O)(=O)Nc2cc(C)ccc2C)c1. The second-order valence-electron chi connectivity index (χ2n) is 6.95. The van der Waals surface area contributed by atoms with Gasteiger partial charge in [-0.05, 0) is 68.3 Å². The Morgan fingerprint density at radius 3 is 2.48 bits per heavy atom. The lowest BCUT2D eigenvalue weighted by atomic mass is 10.1. The highest BCUT2D eigenvalue weighted by Gasteiger charge is 2.21. The molecule has 1 amide bonds. The molecule has 0 atom stereocenters. The van der Waals surface area contributed by atoms with Crippen LogP contribution in [0.1, 0.15) is 28.4 Å². The van der Waals surface area contributed by atoms with Crippen LogP contribution in [-0.2, 0) is 10.0 Å². The summed E-state index contributed by atoms with van der Waals surface area (Å²) in [6.07, 6.45) is 0. The molecule has 0 spiro atoms. The van der Waals surface area contributed by atoms with Gasteiger partial charge < -0.3 is 10.1 Å². The third-order valence-corrected chi connectivity index (χ3v) is 6.40. The number of rotatable bonds is 7. The maximum atomic E-state index is 13.0. The predicted molar refractivity (Wildman–Crippen MR) is 124 cm³/mol. The molecule has 0 saturated heterocycles. The number of para-hydroxylation sites is 2. The van der Waals surface area contributed by atoms with Gasteiger partial charge in [0.05, 0.1) is 23.0 Å². The van der Waals surface area contributed by atoms with Crippen molar-refractivity contribution in [3.63, 3.8) is 0 Å². The molecule has 0 fully saturated rings. The number of anilines is 2. The Kier molecular flexibility index (Phi) is 6.87. The second kappa shape index (κ2) is 9.41. The highest BCUT2D eigenvalue weighted by molar-refractivity contribution is 7.92. The number of hydrogen-bond acceptors (Lipinski definition) is 4. The van der Waals surface area contributed by atoms with Gasteiger partial charge in [-0.3, -0.25) is 9.52 Å². The molecule has 3 rings (SSSR count). The van der Waals surface area contributed by atoms with Gasteiger partial charge in [0.25, 0.3) is 15.9 Å². The Morgan fingerprint density at radius 2 is 1.74 bits per heavy atom. The molecular formula is C23H23ClN2O4S. The van der Waals surface area contributed by atoms with Crippen molar-refractivity contribution in [2.45, 2.75) is 25.7 Å². The van der Waals surface area contributed by atoms with Crippen molar-refractivity contribution < 1.29 is 17.9 Å². The Labute approximate surface area is 187 Å². The van der Waals surface area contributed by atoms with Crippen molar-refractivity contribution >= 4 is 38.9 Å². The number of aryl methyl sites for hydroxylation is 2. The van der Waals surface area contributed by atoms with E-state index in [-0.39, 0.29) is 15.5 Å². The smallest absolute Gasteiger partial charge is 0.263 e. The van der Waals surface area contributed by atoms with E-state index in [2.05, 4.69) is 10.0 Å². The van der Waals surface area contributed by atoms with E-state index in [9.17, 15) is 13.2 Å². The number of halogens is 1. The normalized spacial score (nSPS) is 11.1. The summed E-state index contributed by atoms with van der Waals surface area (Å²) in [6, 6.07) is 16.6. The van der Waals surface area contributed by atoms with Crippen molar-refractivity contribution in [2.75, 3.05) is 16.6 Å². The second-order valence-corrected chi connectivity index (χ2v) is 9.01. The van der Waals surface area contributed by atoms with Gasteiger partial charge in [0.2, 0.25) is 0 Å². The lowest BCUT2D eigenvalue weighted by Crippen LogP contribution is -2.17. The predicted octanol–water partition coefficient (Wildman–Crippen LogP) is 5.41. The molecule has 0 unspecified atom stereocenters. The molecular weight excluding hydrogens is 436 g/mol. The summed E-state index contributed by atoms with van der Waals surface area (Å²) in [5.41, 5.74) is 2.78. The third kappa shape index (κ3) is 5.37. The van der Waals surface area contributed by atoms with Crippen molar-refractivity contribution in [1.29, 1.82) is 0 Å². The summed E-state index contributed by atoms with van der Waals surface area (Å²) >= 11 is 6.18. The molecule has 2 N–H and O–H groups in total. The van der Waals surface area contributed by atoms with Gasteiger partial charge in [-0.2, -0.15) is 0 Å². The molecule has 31 heavy (non-hydrogen) atoms. The number of nitrogens with one attached hydrogen (secondary N) is 2. The largest absolute Gasteiger partial charge is 0.492 e. The van der Waals surface area contributed by atoms with E-state index in [0.717, 1.165) is 11.1 Å². The molecule has 0 saturated carbocycles. The minimum Gasteiger partial charge on any atom is -0.492 e. The molecule has 0 aromatic heterocycles. The molecule has 3 aromatic rings. The molecule has 6 nitrogen and oxygen atoms in total. The van der Waals surface area contributed by atoms with Crippen LogP contribution in [0.4, 0.5) is 11.4 Å². The van der Waals surface area contributed by atoms with Crippen molar-refractivity contribution in [2.24, 2.45) is 0 Å². The van der Waals surface area contributed by atoms with Crippen LogP contribution in [0, 0.1) is 13.8 Å². The summed E-state index contributed by atoms with van der Waals surface area (Å²) in [5, 5.41) is 2.77. The molecule has 3 aromatic carbocycles. The number of benzene rings is 3. The average Bonchev–Trinajstić information content (AvgIpc) is 2.72. The number of amides is 1. The molecule has 0 aliphatic heterocycles. The minimum atomic E-state index is -4.02. The fraction of sp³-hybridized carbons (Fsp3) is 0.174. The van der Waals surface area contributed by atoms with Crippen LogP contribution in [0.3, 0.4) is 0 Å². The Balaban J connectivity index is 1.91. The maximum absolute atomic E-state index is 13.0. The highest BCUT2D eigenvalue weighted by Crippen LogP contribution is 2.28. The number of hydrogen-bond donors (Lipinski definition) is 2. The monoisotopic (exact) mass is 458 g/mol. The first-order chi connectivity index (χ1) is 14.7. The van der Waals surface area contributed by atoms with Gasteiger partial charge in [0.1, 0.15) is 10.6 Å². The van der Waals surface area contributed by atoms with Gasteiger partial charge in [-0.15, -0.1) is 0 Å². The number of carbonyl (C=O) groups excluding carboxylic acids is 1. The quantitative estimate of drug-likeness (QED) is 0.495. The van der Waals surface area contributed by atoms with Gasteiger partial charge in [-0.1, -0.05) is 35.9 Å². The van der Waals surface area contributed by atoms with Crippen molar-refractivity contribution in [3.8, 4) is 5.75 Å². The highest BCUT2D eigenvalue weighted by atomic mass is 35.5. The van der Waals surface area contributed by atoms with Gasteiger partial charge in [-0.25, -0.2) is 8.42 Å². The topological polar surface area (TPSA) is 84.5 Å². The fourth-order valence-electron chi connectivity index (χ4n) is 2.94.